The van der Waals surface area contributed by atoms with Crippen LogP contribution >= 0.6 is 12.2 Å². The number of aromatic nitrogens is 2. The maximum Gasteiger partial charge on any atom is 0.137 e. The van der Waals surface area contributed by atoms with Crippen LogP contribution in [0.2, 0.25) is 0 Å². The van der Waals surface area contributed by atoms with Gasteiger partial charge in [0, 0.05) is 12.3 Å². The van der Waals surface area contributed by atoms with Crippen molar-refractivity contribution in [1.82, 2.24) is 9.97 Å². The molecule has 1 saturated carbocycles. The number of hydrogen-bond donors (Lipinski definition) is 1. The Labute approximate surface area is 127 Å². The van der Waals surface area contributed by atoms with Crippen molar-refractivity contribution in [1.29, 1.82) is 0 Å². The second-order valence-electron chi connectivity index (χ2n) is 6.74. The van der Waals surface area contributed by atoms with Crippen molar-refractivity contribution in [2.24, 2.45) is 5.41 Å². The maximum absolute atomic E-state index is 5.93. The van der Waals surface area contributed by atoms with Crippen LogP contribution in [0.4, 0.5) is 0 Å². The molecule has 0 saturated heterocycles. The van der Waals surface area contributed by atoms with Crippen LogP contribution in [0.1, 0.15) is 76.9 Å². The Morgan fingerprint density at radius 3 is 2.60 bits per heavy atom. The highest BCUT2D eigenvalue weighted by Crippen LogP contribution is 2.37. The van der Waals surface area contributed by atoms with Crippen LogP contribution in [0.3, 0.4) is 0 Å². The molecular formula is C16H26N2OS. The van der Waals surface area contributed by atoms with Crippen molar-refractivity contribution in [3.05, 3.63) is 22.2 Å². The van der Waals surface area contributed by atoms with Gasteiger partial charge in [0.2, 0.25) is 0 Å². The lowest BCUT2D eigenvalue weighted by molar-refractivity contribution is -0.0193. The van der Waals surface area contributed by atoms with Gasteiger partial charge >= 0.3 is 0 Å². The standard InChI is InChI=1S/C16H26N2OS/c1-5-19-14(16(2,3)4)15-17-12(10-13(20)18-15)11-8-6-7-9-11/h10-11,14H,5-9H2,1-4H3,(H,17,18,20). The first-order chi connectivity index (χ1) is 9.41. The predicted octanol–water partition coefficient (Wildman–Crippen LogP) is 4.92. The maximum atomic E-state index is 5.93. The monoisotopic (exact) mass is 294 g/mol. The molecule has 1 aliphatic carbocycles. The van der Waals surface area contributed by atoms with Crippen LogP contribution in [0.25, 0.3) is 0 Å². The molecule has 20 heavy (non-hydrogen) atoms. The van der Waals surface area contributed by atoms with E-state index >= 15 is 0 Å². The summed E-state index contributed by atoms with van der Waals surface area (Å²) in [4.78, 5) is 8.04. The van der Waals surface area contributed by atoms with Crippen LogP contribution in [0, 0.1) is 10.1 Å². The van der Waals surface area contributed by atoms with Crippen molar-refractivity contribution >= 4 is 12.2 Å². The van der Waals surface area contributed by atoms with Gasteiger partial charge in [0.05, 0.1) is 0 Å². The molecule has 0 bridgehead atoms. The van der Waals surface area contributed by atoms with E-state index in [1.54, 1.807) is 0 Å². The van der Waals surface area contributed by atoms with E-state index in [0.29, 0.717) is 17.2 Å². The summed E-state index contributed by atoms with van der Waals surface area (Å²) in [6, 6.07) is 2.03. The molecule has 0 amide bonds. The van der Waals surface area contributed by atoms with Crippen LogP contribution < -0.4 is 0 Å². The van der Waals surface area contributed by atoms with E-state index in [0.717, 1.165) is 5.82 Å². The Hall–Kier alpha value is -0.740. The topological polar surface area (TPSA) is 37.9 Å². The van der Waals surface area contributed by atoms with Crippen LogP contribution in [-0.4, -0.2) is 16.6 Å². The first-order valence-electron chi connectivity index (χ1n) is 7.64. The molecule has 0 spiro atoms. The third kappa shape index (κ3) is 3.67. The molecule has 1 aliphatic rings. The van der Waals surface area contributed by atoms with Gasteiger partial charge in [0.1, 0.15) is 16.6 Å². The van der Waals surface area contributed by atoms with Gasteiger partial charge in [0.25, 0.3) is 0 Å². The molecule has 0 aromatic carbocycles. The second kappa shape index (κ2) is 6.35. The van der Waals surface area contributed by atoms with Gasteiger partial charge in [-0.1, -0.05) is 45.8 Å². The van der Waals surface area contributed by atoms with Crippen LogP contribution in [-0.2, 0) is 4.74 Å². The van der Waals surface area contributed by atoms with Crippen molar-refractivity contribution < 1.29 is 4.74 Å². The summed E-state index contributed by atoms with van der Waals surface area (Å²) in [5.41, 5.74) is 1.24. The van der Waals surface area contributed by atoms with Crippen molar-refractivity contribution in [3.8, 4) is 0 Å². The van der Waals surface area contributed by atoms with Crippen molar-refractivity contribution in [2.75, 3.05) is 6.61 Å². The predicted molar refractivity (Wildman–Crippen MR) is 84.5 cm³/mol. The molecule has 2 rings (SSSR count). The van der Waals surface area contributed by atoms with Gasteiger partial charge in [-0.2, -0.15) is 0 Å². The van der Waals surface area contributed by atoms with E-state index in [4.69, 9.17) is 17.0 Å². The largest absolute Gasteiger partial charge is 0.370 e. The number of hydrogen-bond acceptors (Lipinski definition) is 3. The molecule has 1 aromatic rings. The van der Waals surface area contributed by atoms with Crippen LogP contribution in [0.15, 0.2) is 6.07 Å². The Balaban J connectivity index is 2.36. The summed E-state index contributed by atoms with van der Waals surface area (Å²) >= 11 is 5.36. The highest BCUT2D eigenvalue weighted by molar-refractivity contribution is 7.71. The molecule has 1 aromatic heterocycles. The summed E-state index contributed by atoms with van der Waals surface area (Å²) in [7, 11) is 0. The molecule has 3 nitrogen and oxygen atoms in total. The van der Waals surface area contributed by atoms with Crippen molar-refractivity contribution in [3.63, 3.8) is 0 Å². The molecule has 0 radical (unpaired) electrons. The average molecular weight is 294 g/mol. The van der Waals surface area contributed by atoms with Gasteiger partial charge in [-0.3, -0.25) is 0 Å². The molecule has 0 aliphatic heterocycles. The van der Waals surface area contributed by atoms with E-state index in [1.807, 2.05) is 13.0 Å². The van der Waals surface area contributed by atoms with Gasteiger partial charge in [-0.15, -0.1) is 0 Å². The number of ether oxygens (including phenoxy) is 1. The molecule has 1 unspecified atom stereocenters. The minimum absolute atomic E-state index is 0.00438. The van der Waals surface area contributed by atoms with E-state index < -0.39 is 0 Å². The normalized spacial score (nSPS) is 18.4. The zero-order valence-electron chi connectivity index (χ0n) is 13.0. The first-order valence-corrected chi connectivity index (χ1v) is 8.05. The third-order valence-corrected chi connectivity index (χ3v) is 4.15. The molecule has 112 valence electrons. The number of nitrogens with zero attached hydrogens (tertiary/aromatic N) is 1. The van der Waals surface area contributed by atoms with E-state index in [2.05, 4.69) is 30.7 Å². The molecule has 1 fully saturated rings. The highest BCUT2D eigenvalue weighted by Gasteiger charge is 2.29. The fraction of sp³-hybridized carbons (Fsp3) is 0.750. The summed E-state index contributed by atoms with van der Waals surface area (Å²) in [5.74, 6) is 1.49. The summed E-state index contributed by atoms with van der Waals surface area (Å²) < 4.78 is 6.60. The fourth-order valence-electron chi connectivity index (χ4n) is 2.98. The minimum Gasteiger partial charge on any atom is -0.370 e. The Bertz CT molecular complexity index is 498. The molecule has 1 N–H and O–H groups in total. The lowest BCUT2D eigenvalue weighted by Crippen LogP contribution is -2.24. The van der Waals surface area contributed by atoms with Gasteiger partial charge < -0.3 is 9.72 Å². The molecule has 1 atom stereocenters. The number of rotatable bonds is 4. The van der Waals surface area contributed by atoms with Gasteiger partial charge in [0.15, 0.2) is 0 Å². The minimum atomic E-state index is -0.0458. The summed E-state index contributed by atoms with van der Waals surface area (Å²) in [6.45, 7) is 9.22. The summed E-state index contributed by atoms with van der Waals surface area (Å²) in [5, 5.41) is 0. The zero-order valence-corrected chi connectivity index (χ0v) is 13.8. The Morgan fingerprint density at radius 1 is 1.40 bits per heavy atom. The van der Waals surface area contributed by atoms with E-state index in [9.17, 15) is 0 Å². The number of nitrogens with one attached hydrogen (secondary N) is 1. The van der Waals surface area contributed by atoms with Crippen molar-refractivity contribution in [2.45, 2.75) is 65.4 Å². The fourth-order valence-corrected chi connectivity index (χ4v) is 3.21. The van der Waals surface area contributed by atoms with Gasteiger partial charge in [-0.25, -0.2) is 4.98 Å². The number of aromatic amines is 1. The highest BCUT2D eigenvalue weighted by atomic mass is 32.1. The quantitative estimate of drug-likeness (QED) is 0.801. The third-order valence-electron chi connectivity index (χ3n) is 3.95. The lowest BCUT2D eigenvalue weighted by atomic mass is 9.88. The number of H-pyrrole nitrogens is 1. The molecule has 4 heteroatoms. The van der Waals surface area contributed by atoms with E-state index in [1.165, 1.54) is 31.4 Å². The van der Waals surface area contributed by atoms with Crippen LogP contribution in [0.5, 0.6) is 0 Å². The van der Waals surface area contributed by atoms with E-state index in [-0.39, 0.29) is 11.5 Å². The van der Waals surface area contributed by atoms with Gasteiger partial charge in [-0.05, 0) is 37.2 Å². The molecular weight excluding hydrogens is 268 g/mol. The lowest BCUT2D eigenvalue weighted by Gasteiger charge is -2.30. The SMILES string of the molecule is CCOC(c1nc(=S)cc(C2CCCC2)[nH]1)C(C)(C)C. The molecule has 1 heterocycles. The zero-order chi connectivity index (χ0) is 14.8. The Morgan fingerprint density at radius 2 is 2.05 bits per heavy atom. The average Bonchev–Trinajstić information content (AvgIpc) is 2.87. The second-order valence-corrected chi connectivity index (χ2v) is 7.16. The smallest absolute Gasteiger partial charge is 0.137 e. The summed E-state index contributed by atoms with van der Waals surface area (Å²) in [6.07, 6.45) is 5.09. The first kappa shape index (κ1) is 15.6. The Kier molecular flexibility index (Phi) is 4.97.